The van der Waals surface area contributed by atoms with Gasteiger partial charge in [-0.15, -0.1) is 11.3 Å². The number of hydrogen-bond acceptors (Lipinski definition) is 4. The molecule has 0 aromatic carbocycles. The number of aromatic nitrogens is 2. The van der Waals surface area contributed by atoms with Crippen molar-refractivity contribution in [3.63, 3.8) is 0 Å². The molecule has 0 fully saturated rings. The average Bonchev–Trinajstić information content (AvgIpc) is 2.99. The number of carbonyl (C=O) groups excluding carboxylic acids is 1. The van der Waals surface area contributed by atoms with Gasteiger partial charge in [-0.25, -0.2) is 4.79 Å². The number of carboxylic acids is 1. The number of rotatable bonds is 5. The van der Waals surface area contributed by atoms with Gasteiger partial charge in [0.05, 0.1) is 22.1 Å². The van der Waals surface area contributed by atoms with Gasteiger partial charge in [0, 0.05) is 11.1 Å². The summed E-state index contributed by atoms with van der Waals surface area (Å²) in [5.41, 5.74) is -0.688. The summed E-state index contributed by atoms with van der Waals surface area (Å²) >= 11 is 4.84. The maximum absolute atomic E-state index is 11.9. The monoisotopic (exact) mass is 371 g/mol. The van der Waals surface area contributed by atoms with Gasteiger partial charge in [0.25, 0.3) is 0 Å². The minimum Gasteiger partial charge on any atom is -0.479 e. The zero-order valence-electron chi connectivity index (χ0n) is 11.5. The Kier molecular flexibility index (Phi) is 4.48. The highest BCUT2D eigenvalue weighted by Crippen LogP contribution is 2.23. The fourth-order valence-electron chi connectivity index (χ4n) is 1.60. The van der Waals surface area contributed by atoms with E-state index in [-0.39, 0.29) is 12.3 Å². The van der Waals surface area contributed by atoms with Crippen LogP contribution < -0.4 is 5.32 Å². The molecule has 0 aliphatic carbocycles. The lowest BCUT2D eigenvalue weighted by Gasteiger charge is -2.19. The van der Waals surface area contributed by atoms with Crippen LogP contribution in [0.2, 0.25) is 0 Å². The number of thiophene rings is 1. The molecule has 2 aromatic heterocycles. The molecule has 2 N–H and O–H groups in total. The van der Waals surface area contributed by atoms with Gasteiger partial charge < -0.3 is 10.4 Å². The SMILES string of the molecule is CC(C)(C(=O)O)n1cc(NC(=O)Cc2ccc(Br)s2)cn1. The molecule has 8 heteroatoms. The van der Waals surface area contributed by atoms with Crippen molar-refractivity contribution in [3.8, 4) is 0 Å². The molecule has 0 aliphatic heterocycles. The first-order valence-corrected chi connectivity index (χ1v) is 7.72. The number of amides is 1. The number of nitrogens with zero attached hydrogens (tertiary/aromatic N) is 2. The van der Waals surface area contributed by atoms with Crippen molar-refractivity contribution in [3.05, 3.63) is 33.2 Å². The highest BCUT2D eigenvalue weighted by atomic mass is 79.9. The van der Waals surface area contributed by atoms with E-state index in [1.54, 1.807) is 0 Å². The Labute approximate surface area is 133 Å². The van der Waals surface area contributed by atoms with Crippen LogP contribution in [0.25, 0.3) is 0 Å². The van der Waals surface area contributed by atoms with E-state index < -0.39 is 11.5 Å². The molecule has 0 atom stereocenters. The van der Waals surface area contributed by atoms with Crippen molar-refractivity contribution >= 4 is 44.8 Å². The van der Waals surface area contributed by atoms with Crippen LogP contribution >= 0.6 is 27.3 Å². The first-order valence-electron chi connectivity index (χ1n) is 6.11. The Hall–Kier alpha value is -1.67. The molecule has 0 saturated heterocycles. The Balaban J connectivity index is 2.02. The molecular weight excluding hydrogens is 358 g/mol. The van der Waals surface area contributed by atoms with Gasteiger partial charge in [-0.05, 0) is 41.9 Å². The standard InChI is InChI=1S/C13H14BrN3O3S/c1-13(2,12(19)20)17-7-8(6-15-17)16-11(18)5-9-3-4-10(14)21-9/h3-4,6-7H,5H2,1-2H3,(H,16,18)(H,19,20). The zero-order valence-corrected chi connectivity index (χ0v) is 13.9. The van der Waals surface area contributed by atoms with Gasteiger partial charge >= 0.3 is 5.97 Å². The zero-order chi connectivity index (χ0) is 15.6. The largest absolute Gasteiger partial charge is 0.479 e. The van der Waals surface area contributed by atoms with Gasteiger partial charge in [0.2, 0.25) is 5.91 Å². The molecule has 0 spiro atoms. The molecule has 0 radical (unpaired) electrons. The third-order valence-corrected chi connectivity index (χ3v) is 4.55. The molecule has 112 valence electrons. The van der Waals surface area contributed by atoms with Gasteiger partial charge in [0.1, 0.15) is 0 Å². The van der Waals surface area contributed by atoms with Crippen LogP contribution in [0.3, 0.4) is 0 Å². The van der Waals surface area contributed by atoms with Crippen LogP contribution in [-0.2, 0) is 21.5 Å². The summed E-state index contributed by atoms with van der Waals surface area (Å²) in [5, 5.41) is 15.8. The molecular formula is C13H14BrN3O3S. The molecule has 6 nitrogen and oxygen atoms in total. The lowest BCUT2D eigenvalue weighted by molar-refractivity contribution is -0.146. The lowest BCUT2D eigenvalue weighted by atomic mass is 10.1. The van der Waals surface area contributed by atoms with E-state index in [1.807, 2.05) is 12.1 Å². The smallest absolute Gasteiger partial charge is 0.331 e. The second-order valence-electron chi connectivity index (χ2n) is 4.97. The quantitative estimate of drug-likeness (QED) is 0.845. The van der Waals surface area contributed by atoms with E-state index >= 15 is 0 Å². The molecule has 21 heavy (non-hydrogen) atoms. The topological polar surface area (TPSA) is 84.2 Å². The van der Waals surface area contributed by atoms with E-state index in [1.165, 1.54) is 42.3 Å². The third kappa shape index (κ3) is 3.70. The first kappa shape index (κ1) is 15.7. The van der Waals surface area contributed by atoms with Crippen LogP contribution in [0.5, 0.6) is 0 Å². The lowest BCUT2D eigenvalue weighted by Crippen LogP contribution is -2.35. The normalized spacial score (nSPS) is 11.4. The van der Waals surface area contributed by atoms with Crippen molar-refractivity contribution in [1.29, 1.82) is 0 Å². The summed E-state index contributed by atoms with van der Waals surface area (Å²) in [7, 11) is 0. The number of nitrogens with one attached hydrogen (secondary N) is 1. The second kappa shape index (κ2) is 5.98. The van der Waals surface area contributed by atoms with Crippen LogP contribution in [0.4, 0.5) is 5.69 Å². The number of halogens is 1. The minimum absolute atomic E-state index is 0.169. The van der Waals surface area contributed by atoms with Gasteiger partial charge in [-0.1, -0.05) is 0 Å². The Bertz CT molecular complexity index is 678. The molecule has 0 unspecified atom stereocenters. The van der Waals surface area contributed by atoms with Gasteiger partial charge in [-0.2, -0.15) is 5.10 Å². The van der Waals surface area contributed by atoms with E-state index in [0.717, 1.165) is 8.66 Å². The molecule has 0 aliphatic rings. The van der Waals surface area contributed by atoms with Crippen LogP contribution in [-0.4, -0.2) is 26.8 Å². The van der Waals surface area contributed by atoms with E-state index in [0.29, 0.717) is 5.69 Å². The van der Waals surface area contributed by atoms with E-state index in [4.69, 9.17) is 5.11 Å². The van der Waals surface area contributed by atoms with Gasteiger partial charge in [0.15, 0.2) is 5.54 Å². The summed E-state index contributed by atoms with van der Waals surface area (Å²) in [4.78, 5) is 24.0. The number of aliphatic carboxylic acids is 1. The Morgan fingerprint density at radius 1 is 1.48 bits per heavy atom. The minimum atomic E-state index is -1.17. The highest BCUT2D eigenvalue weighted by molar-refractivity contribution is 9.11. The predicted molar refractivity (Wildman–Crippen MR) is 83.5 cm³/mol. The fourth-order valence-corrected chi connectivity index (χ4v) is 3.08. The Morgan fingerprint density at radius 2 is 2.19 bits per heavy atom. The van der Waals surface area contributed by atoms with Gasteiger partial charge in [-0.3, -0.25) is 9.48 Å². The molecule has 2 rings (SSSR count). The molecule has 2 aromatic rings. The van der Waals surface area contributed by atoms with Crippen molar-refractivity contribution in [2.24, 2.45) is 0 Å². The number of anilines is 1. The van der Waals surface area contributed by atoms with E-state index in [9.17, 15) is 9.59 Å². The summed E-state index contributed by atoms with van der Waals surface area (Å²) in [6, 6.07) is 3.77. The van der Waals surface area contributed by atoms with Crippen LogP contribution in [0.1, 0.15) is 18.7 Å². The number of hydrogen-bond donors (Lipinski definition) is 2. The first-order chi connectivity index (χ1) is 9.79. The van der Waals surface area contributed by atoms with Crippen molar-refractivity contribution in [2.45, 2.75) is 25.8 Å². The molecule has 0 bridgehead atoms. The summed E-state index contributed by atoms with van der Waals surface area (Å²) in [6.07, 6.45) is 3.22. The molecule has 0 saturated carbocycles. The van der Waals surface area contributed by atoms with Crippen LogP contribution in [0.15, 0.2) is 28.3 Å². The molecule has 1 amide bonds. The highest BCUT2D eigenvalue weighted by Gasteiger charge is 2.30. The maximum atomic E-state index is 11.9. The van der Waals surface area contributed by atoms with Crippen molar-refractivity contribution in [2.75, 3.05) is 5.32 Å². The summed E-state index contributed by atoms with van der Waals surface area (Å²) < 4.78 is 2.29. The molecule has 2 heterocycles. The fraction of sp³-hybridized carbons (Fsp3) is 0.308. The second-order valence-corrected chi connectivity index (χ2v) is 7.52. The summed E-state index contributed by atoms with van der Waals surface area (Å²) in [5.74, 6) is -1.16. The Morgan fingerprint density at radius 3 is 2.76 bits per heavy atom. The average molecular weight is 372 g/mol. The van der Waals surface area contributed by atoms with Crippen LogP contribution in [0, 0.1) is 0 Å². The van der Waals surface area contributed by atoms with E-state index in [2.05, 4.69) is 26.3 Å². The maximum Gasteiger partial charge on any atom is 0.331 e. The van der Waals surface area contributed by atoms with Crippen molar-refractivity contribution < 1.29 is 14.7 Å². The van der Waals surface area contributed by atoms with Crippen molar-refractivity contribution in [1.82, 2.24) is 9.78 Å². The number of carboxylic acid groups (broad SMARTS) is 1. The summed E-state index contributed by atoms with van der Waals surface area (Å²) in [6.45, 7) is 3.08. The number of carbonyl (C=O) groups is 2. The third-order valence-electron chi connectivity index (χ3n) is 2.93. The predicted octanol–water partition coefficient (Wildman–Crippen LogP) is 2.71.